The van der Waals surface area contributed by atoms with Crippen LogP contribution in [0.25, 0.3) is 0 Å². The van der Waals surface area contributed by atoms with E-state index in [4.69, 9.17) is 24.5 Å². The molecule has 0 saturated carbocycles. The van der Waals surface area contributed by atoms with Crippen molar-refractivity contribution < 1.29 is 50.9 Å². The third-order valence-corrected chi connectivity index (χ3v) is 7.52. The molecule has 2 N–H and O–H groups in total. The Morgan fingerprint density at radius 2 is 1.60 bits per heavy atom. The number of pyridine rings is 1. The minimum atomic E-state index is -5.08. The standard InChI is InChI=1S/C21H29N3OS.2C2HF3O2/c1-25-16-18-13-24(15-20-6-4-12-26-20)17-21(18)7-10-23(11-8-21)14-19-5-2-3-9-22-19;2*3-2(4,5)1(6)7/h2-6,9,12,18H,7-8,10-11,13-17H2,1H3;2*(H,6,7). The molecule has 40 heavy (non-hydrogen) atoms. The Hall–Kier alpha value is -2.75. The molecule has 0 bridgehead atoms. The highest BCUT2D eigenvalue weighted by molar-refractivity contribution is 7.09. The van der Waals surface area contributed by atoms with Crippen molar-refractivity contribution in [1.82, 2.24) is 14.8 Å². The van der Waals surface area contributed by atoms with E-state index in [1.165, 1.54) is 49.6 Å². The molecule has 224 valence electrons. The molecule has 4 rings (SSSR count). The fourth-order valence-corrected chi connectivity index (χ4v) is 5.51. The van der Waals surface area contributed by atoms with Crippen molar-refractivity contribution in [2.24, 2.45) is 11.3 Å². The van der Waals surface area contributed by atoms with Crippen molar-refractivity contribution in [3.8, 4) is 0 Å². The number of hydrogen-bond acceptors (Lipinski definition) is 7. The van der Waals surface area contributed by atoms with Gasteiger partial charge in [0.2, 0.25) is 0 Å². The van der Waals surface area contributed by atoms with E-state index in [2.05, 4.69) is 44.4 Å². The quantitative estimate of drug-likeness (QED) is 0.458. The Morgan fingerprint density at radius 3 is 2.05 bits per heavy atom. The number of carboxylic acid groups (broad SMARTS) is 2. The second kappa shape index (κ2) is 14.8. The molecule has 0 amide bonds. The van der Waals surface area contributed by atoms with Gasteiger partial charge in [-0.25, -0.2) is 9.59 Å². The van der Waals surface area contributed by atoms with Crippen LogP contribution in [0.15, 0.2) is 41.9 Å². The van der Waals surface area contributed by atoms with Gasteiger partial charge in [0, 0.05) is 50.3 Å². The molecule has 2 fully saturated rings. The zero-order valence-electron chi connectivity index (χ0n) is 21.6. The lowest BCUT2D eigenvalue weighted by Gasteiger charge is -2.42. The Morgan fingerprint density at radius 1 is 1.00 bits per heavy atom. The lowest BCUT2D eigenvalue weighted by Crippen LogP contribution is -2.45. The van der Waals surface area contributed by atoms with Gasteiger partial charge in [-0.3, -0.25) is 14.8 Å². The van der Waals surface area contributed by atoms with Crippen LogP contribution in [0.4, 0.5) is 26.3 Å². The number of aromatic nitrogens is 1. The van der Waals surface area contributed by atoms with Gasteiger partial charge >= 0.3 is 24.3 Å². The van der Waals surface area contributed by atoms with Gasteiger partial charge < -0.3 is 14.9 Å². The van der Waals surface area contributed by atoms with Crippen molar-refractivity contribution in [3.63, 3.8) is 0 Å². The third-order valence-electron chi connectivity index (χ3n) is 6.66. The highest BCUT2D eigenvalue weighted by Gasteiger charge is 2.47. The average Bonchev–Trinajstić information content (AvgIpc) is 3.49. The van der Waals surface area contributed by atoms with Crippen LogP contribution >= 0.6 is 11.3 Å². The molecule has 2 aromatic rings. The molecule has 1 spiro atoms. The zero-order chi connectivity index (χ0) is 30.0. The summed E-state index contributed by atoms with van der Waals surface area (Å²) in [5.74, 6) is -4.86. The Labute approximate surface area is 231 Å². The van der Waals surface area contributed by atoms with Crippen LogP contribution in [-0.2, 0) is 27.4 Å². The highest BCUT2D eigenvalue weighted by atomic mass is 32.1. The monoisotopic (exact) mass is 599 g/mol. The van der Waals surface area contributed by atoms with Gasteiger partial charge in [-0.2, -0.15) is 26.3 Å². The van der Waals surface area contributed by atoms with Gasteiger partial charge in [0.05, 0.1) is 12.3 Å². The van der Waals surface area contributed by atoms with Crippen molar-refractivity contribution in [1.29, 1.82) is 0 Å². The van der Waals surface area contributed by atoms with Crippen molar-refractivity contribution in [2.45, 2.75) is 38.3 Å². The SMILES string of the molecule is COCC1CN(Cc2cccs2)CC12CCN(Cc1ccccn1)CC2.O=C(O)C(F)(F)F.O=C(O)C(F)(F)F. The molecule has 0 aliphatic carbocycles. The molecule has 1 unspecified atom stereocenters. The first kappa shape index (κ1) is 33.5. The number of likely N-dealkylation sites (tertiary alicyclic amines) is 2. The normalized spacial score (nSPS) is 19.3. The number of carbonyl (C=O) groups is 2. The molecule has 2 aliphatic rings. The van der Waals surface area contributed by atoms with Gasteiger partial charge in [-0.1, -0.05) is 12.1 Å². The molecule has 2 saturated heterocycles. The second-order valence-electron chi connectivity index (χ2n) is 9.47. The number of nitrogens with zero attached hydrogens (tertiary/aromatic N) is 3. The van der Waals surface area contributed by atoms with E-state index in [1.807, 2.05) is 30.7 Å². The highest BCUT2D eigenvalue weighted by Crippen LogP contribution is 2.45. The lowest BCUT2D eigenvalue weighted by atomic mass is 9.71. The number of methoxy groups -OCH3 is 1. The molecule has 2 aliphatic heterocycles. The summed E-state index contributed by atoms with van der Waals surface area (Å²) in [5.41, 5.74) is 1.61. The first-order valence-electron chi connectivity index (χ1n) is 12.1. The zero-order valence-corrected chi connectivity index (χ0v) is 22.4. The van der Waals surface area contributed by atoms with Crippen molar-refractivity contribution >= 4 is 23.3 Å². The molecule has 8 nitrogen and oxygen atoms in total. The number of rotatable bonds is 6. The number of carboxylic acids is 2. The molecular formula is C25H31F6N3O5S. The summed E-state index contributed by atoms with van der Waals surface area (Å²) in [7, 11) is 1.85. The molecule has 2 aromatic heterocycles. The van der Waals surface area contributed by atoms with E-state index < -0.39 is 24.3 Å². The topological polar surface area (TPSA) is 103 Å². The Bertz CT molecular complexity index is 1020. The van der Waals surface area contributed by atoms with E-state index in [-0.39, 0.29) is 0 Å². The average molecular weight is 600 g/mol. The van der Waals surface area contributed by atoms with Crippen LogP contribution in [0, 0.1) is 11.3 Å². The first-order valence-corrected chi connectivity index (χ1v) is 13.0. The fraction of sp³-hybridized carbons (Fsp3) is 0.560. The van der Waals surface area contributed by atoms with Crippen molar-refractivity contribution in [2.75, 3.05) is 39.9 Å². The van der Waals surface area contributed by atoms with Gasteiger partial charge in [0.1, 0.15) is 0 Å². The van der Waals surface area contributed by atoms with E-state index in [0.717, 1.165) is 19.7 Å². The maximum absolute atomic E-state index is 10.6. The molecule has 1 atom stereocenters. The molecule has 4 heterocycles. The van der Waals surface area contributed by atoms with Gasteiger partial charge in [-0.15, -0.1) is 11.3 Å². The van der Waals surface area contributed by atoms with Gasteiger partial charge in [0.25, 0.3) is 0 Å². The van der Waals surface area contributed by atoms with E-state index in [0.29, 0.717) is 11.3 Å². The van der Waals surface area contributed by atoms with Crippen LogP contribution in [0.5, 0.6) is 0 Å². The largest absolute Gasteiger partial charge is 0.490 e. The van der Waals surface area contributed by atoms with E-state index in [9.17, 15) is 26.3 Å². The number of piperidine rings is 1. The Kier molecular flexibility index (Phi) is 12.3. The predicted octanol–water partition coefficient (Wildman–Crippen LogP) is 4.77. The number of hydrogen-bond donors (Lipinski definition) is 2. The smallest absolute Gasteiger partial charge is 0.475 e. The summed E-state index contributed by atoms with van der Waals surface area (Å²) in [6.07, 6.45) is -5.72. The van der Waals surface area contributed by atoms with E-state index >= 15 is 0 Å². The summed E-state index contributed by atoms with van der Waals surface area (Å²) in [5, 5.41) is 16.4. The minimum absolute atomic E-state index is 0.424. The number of halogens is 6. The fourth-order valence-electron chi connectivity index (χ4n) is 4.76. The van der Waals surface area contributed by atoms with Gasteiger partial charge in [-0.05, 0) is 54.9 Å². The first-order chi connectivity index (χ1) is 18.7. The summed E-state index contributed by atoms with van der Waals surface area (Å²) in [6, 6.07) is 10.6. The van der Waals surface area contributed by atoms with E-state index in [1.54, 1.807) is 0 Å². The van der Waals surface area contributed by atoms with Crippen LogP contribution in [-0.4, -0.2) is 89.2 Å². The van der Waals surface area contributed by atoms with Gasteiger partial charge in [0.15, 0.2) is 0 Å². The molecule has 0 aromatic carbocycles. The van der Waals surface area contributed by atoms with Crippen molar-refractivity contribution in [3.05, 3.63) is 52.5 Å². The van der Waals surface area contributed by atoms with Crippen LogP contribution < -0.4 is 0 Å². The molecule has 15 heteroatoms. The second-order valence-corrected chi connectivity index (χ2v) is 10.5. The van der Waals surface area contributed by atoms with Crippen LogP contribution in [0.3, 0.4) is 0 Å². The summed E-state index contributed by atoms with van der Waals surface area (Å²) < 4.78 is 69.1. The predicted molar refractivity (Wildman–Crippen MR) is 134 cm³/mol. The maximum Gasteiger partial charge on any atom is 0.490 e. The summed E-state index contributed by atoms with van der Waals surface area (Å²) in [6.45, 7) is 7.69. The number of aliphatic carboxylic acids is 2. The van der Waals surface area contributed by atoms with Crippen LogP contribution in [0.2, 0.25) is 0 Å². The summed E-state index contributed by atoms with van der Waals surface area (Å²) >= 11 is 1.87. The maximum atomic E-state index is 10.6. The Balaban J connectivity index is 0.000000333. The number of alkyl halides is 6. The summed E-state index contributed by atoms with van der Waals surface area (Å²) in [4.78, 5) is 29.0. The third kappa shape index (κ3) is 10.7. The number of ether oxygens (including phenoxy) is 1. The van der Waals surface area contributed by atoms with Crippen LogP contribution in [0.1, 0.15) is 23.4 Å². The minimum Gasteiger partial charge on any atom is -0.475 e. The molecule has 0 radical (unpaired) electrons. The molecular weight excluding hydrogens is 568 g/mol. The lowest BCUT2D eigenvalue weighted by molar-refractivity contribution is -0.193. The number of thiophene rings is 1.